The van der Waals surface area contributed by atoms with Crippen LogP contribution in [0.1, 0.15) is 22.3 Å². The molecule has 1 aliphatic heterocycles. The third kappa shape index (κ3) is 5.61. The number of imide groups is 1. The third-order valence-corrected chi connectivity index (χ3v) is 6.89. The van der Waals surface area contributed by atoms with E-state index < -0.39 is 0 Å². The molecule has 4 rings (SSSR count). The molecule has 0 aromatic heterocycles. The van der Waals surface area contributed by atoms with Gasteiger partial charge < -0.3 is 9.47 Å². The molecular weight excluding hydrogens is 568 g/mol. The van der Waals surface area contributed by atoms with Crippen LogP contribution < -0.4 is 9.47 Å². The molecule has 0 atom stereocenters. The number of halogens is 2. The van der Waals surface area contributed by atoms with E-state index in [0.717, 1.165) is 31.4 Å². The smallest absolute Gasteiger partial charge is 0.293 e. The molecular formula is C26H21FINO4S. The van der Waals surface area contributed by atoms with Crippen molar-refractivity contribution in [3.05, 3.63) is 97.2 Å². The van der Waals surface area contributed by atoms with Gasteiger partial charge in [-0.15, -0.1) is 0 Å². The van der Waals surface area contributed by atoms with Crippen molar-refractivity contribution < 1.29 is 23.5 Å². The van der Waals surface area contributed by atoms with Crippen molar-refractivity contribution in [2.75, 3.05) is 7.11 Å². The highest BCUT2D eigenvalue weighted by Crippen LogP contribution is 2.38. The summed E-state index contributed by atoms with van der Waals surface area (Å²) >= 11 is 3.05. The first kappa shape index (κ1) is 24.3. The van der Waals surface area contributed by atoms with Gasteiger partial charge in [0.2, 0.25) is 0 Å². The Labute approximate surface area is 215 Å². The van der Waals surface area contributed by atoms with Gasteiger partial charge in [-0.25, -0.2) is 4.39 Å². The van der Waals surface area contributed by atoms with Gasteiger partial charge in [-0.3, -0.25) is 14.5 Å². The van der Waals surface area contributed by atoms with Crippen molar-refractivity contribution in [1.82, 2.24) is 4.90 Å². The number of rotatable bonds is 7. The SMILES string of the molecule is COc1cc(/C=C2\SC(=O)N(Cc3ccc(F)cc3)C2=O)cc(I)c1OCc1ccc(C)cc1. The minimum atomic E-state index is -0.381. The quantitative estimate of drug-likeness (QED) is 0.231. The Morgan fingerprint density at radius 1 is 1.03 bits per heavy atom. The maximum absolute atomic E-state index is 13.1. The molecule has 0 bridgehead atoms. The summed E-state index contributed by atoms with van der Waals surface area (Å²) in [7, 11) is 1.56. The molecule has 1 aliphatic rings. The van der Waals surface area contributed by atoms with Gasteiger partial charge >= 0.3 is 0 Å². The number of ether oxygens (including phenoxy) is 2. The standard InChI is InChI=1S/C26H21FINO4S/c1-16-3-5-18(6-4-16)15-33-24-21(28)11-19(12-22(24)32-2)13-23-25(30)29(26(31)34-23)14-17-7-9-20(27)10-8-17/h3-13H,14-15H2,1-2H3/b23-13-. The van der Waals surface area contributed by atoms with Crippen molar-refractivity contribution in [2.24, 2.45) is 0 Å². The van der Waals surface area contributed by atoms with E-state index in [1.54, 1.807) is 31.4 Å². The van der Waals surface area contributed by atoms with E-state index >= 15 is 0 Å². The molecule has 0 unspecified atom stereocenters. The Hall–Kier alpha value is -2.85. The van der Waals surface area contributed by atoms with Crippen LogP contribution in [0, 0.1) is 16.3 Å². The molecule has 5 nitrogen and oxygen atoms in total. The largest absolute Gasteiger partial charge is 0.493 e. The van der Waals surface area contributed by atoms with Gasteiger partial charge in [-0.2, -0.15) is 0 Å². The molecule has 0 spiro atoms. The van der Waals surface area contributed by atoms with Crippen LogP contribution >= 0.6 is 34.4 Å². The van der Waals surface area contributed by atoms with Crippen LogP contribution in [0.2, 0.25) is 0 Å². The monoisotopic (exact) mass is 589 g/mol. The Morgan fingerprint density at radius 2 is 1.71 bits per heavy atom. The average Bonchev–Trinajstić information content (AvgIpc) is 3.07. The Balaban J connectivity index is 1.52. The molecule has 1 fully saturated rings. The molecule has 1 saturated heterocycles. The topological polar surface area (TPSA) is 55.8 Å². The van der Waals surface area contributed by atoms with Crippen molar-refractivity contribution in [2.45, 2.75) is 20.1 Å². The van der Waals surface area contributed by atoms with E-state index in [1.165, 1.54) is 17.7 Å². The second kappa shape index (κ2) is 10.6. The lowest BCUT2D eigenvalue weighted by Gasteiger charge is -2.14. The van der Waals surface area contributed by atoms with Crippen LogP contribution in [0.5, 0.6) is 11.5 Å². The number of hydrogen-bond acceptors (Lipinski definition) is 5. The molecule has 3 aromatic rings. The highest BCUT2D eigenvalue weighted by molar-refractivity contribution is 14.1. The molecule has 1 heterocycles. The number of nitrogens with zero attached hydrogens (tertiary/aromatic N) is 1. The predicted octanol–water partition coefficient (Wildman–Crippen LogP) is 6.56. The zero-order valence-corrected chi connectivity index (χ0v) is 21.5. The number of benzene rings is 3. The lowest BCUT2D eigenvalue weighted by molar-refractivity contribution is -0.123. The third-order valence-electron chi connectivity index (χ3n) is 5.18. The lowest BCUT2D eigenvalue weighted by Crippen LogP contribution is -2.27. The fraction of sp³-hybridized carbons (Fsp3) is 0.154. The molecule has 174 valence electrons. The molecule has 34 heavy (non-hydrogen) atoms. The van der Waals surface area contributed by atoms with Crippen LogP contribution in [-0.2, 0) is 17.9 Å². The van der Waals surface area contributed by atoms with E-state index in [-0.39, 0.29) is 23.5 Å². The van der Waals surface area contributed by atoms with E-state index in [1.807, 2.05) is 37.3 Å². The zero-order valence-electron chi connectivity index (χ0n) is 18.5. The number of carbonyl (C=O) groups is 2. The average molecular weight is 589 g/mol. The second-order valence-corrected chi connectivity index (χ2v) is 9.86. The Bertz CT molecular complexity index is 1260. The van der Waals surface area contributed by atoms with Gasteiger partial charge in [0.05, 0.1) is 22.1 Å². The predicted molar refractivity (Wildman–Crippen MR) is 139 cm³/mol. The van der Waals surface area contributed by atoms with Crippen LogP contribution in [0.4, 0.5) is 9.18 Å². The summed E-state index contributed by atoms with van der Waals surface area (Å²) in [5.74, 6) is 0.404. The molecule has 3 aromatic carbocycles. The lowest BCUT2D eigenvalue weighted by atomic mass is 10.1. The van der Waals surface area contributed by atoms with Gasteiger partial charge in [0.1, 0.15) is 12.4 Å². The molecule has 2 amide bonds. The molecule has 0 radical (unpaired) electrons. The molecule has 0 aliphatic carbocycles. The van der Waals surface area contributed by atoms with Crippen LogP contribution in [0.15, 0.2) is 65.6 Å². The highest BCUT2D eigenvalue weighted by Gasteiger charge is 2.35. The number of amides is 2. The zero-order chi connectivity index (χ0) is 24.2. The second-order valence-electron chi connectivity index (χ2n) is 7.70. The maximum atomic E-state index is 13.1. The summed E-state index contributed by atoms with van der Waals surface area (Å²) in [5, 5.41) is -0.361. The number of carbonyl (C=O) groups excluding carboxylic acids is 2. The van der Waals surface area contributed by atoms with Gasteiger partial charge in [-0.1, -0.05) is 42.0 Å². The van der Waals surface area contributed by atoms with Crippen molar-refractivity contribution >= 4 is 51.6 Å². The first-order valence-electron chi connectivity index (χ1n) is 10.4. The first-order valence-corrected chi connectivity index (χ1v) is 12.3. The van der Waals surface area contributed by atoms with Crippen molar-refractivity contribution in [3.8, 4) is 11.5 Å². The summed E-state index contributed by atoms with van der Waals surface area (Å²) in [6.45, 7) is 2.52. The summed E-state index contributed by atoms with van der Waals surface area (Å²) in [6, 6.07) is 17.5. The van der Waals surface area contributed by atoms with Crippen LogP contribution in [0.3, 0.4) is 0 Å². The fourth-order valence-electron chi connectivity index (χ4n) is 3.36. The van der Waals surface area contributed by atoms with Crippen molar-refractivity contribution in [3.63, 3.8) is 0 Å². The van der Waals surface area contributed by atoms with Gasteiger partial charge in [0.25, 0.3) is 11.1 Å². The van der Waals surface area contributed by atoms with Crippen molar-refractivity contribution in [1.29, 1.82) is 0 Å². The first-order chi connectivity index (χ1) is 16.3. The number of methoxy groups -OCH3 is 1. The van der Waals surface area contributed by atoms with Gasteiger partial charge in [0.15, 0.2) is 11.5 Å². The minimum absolute atomic E-state index is 0.0922. The summed E-state index contributed by atoms with van der Waals surface area (Å²) in [6.07, 6.45) is 1.67. The van der Waals surface area contributed by atoms with Gasteiger partial charge in [0, 0.05) is 0 Å². The van der Waals surface area contributed by atoms with Crippen LogP contribution in [-0.4, -0.2) is 23.2 Å². The Kier molecular flexibility index (Phi) is 7.57. The van der Waals surface area contributed by atoms with E-state index in [4.69, 9.17) is 9.47 Å². The normalized spacial score (nSPS) is 14.7. The summed E-state index contributed by atoms with van der Waals surface area (Å²) in [4.78, 5) is 26.8. The maximum Gasteiger partial charge on any atom is 0.293 e. The minimum Gasteiger partial charge on any atom is -0.493 e. The van der Waals surface area contributed by atoms with Crippen LogP contribution in [0.25, 0.3) is 6.08 Å². The molecule has 0 N–H and O–H groups in total. The molecule has 8 heteroatoms. The summed E-state index contributed by atoms with van der Waals surface area (Å²) in [5.41, 5.74) is 3.62. The van der Waals surface area contributed by atoms with E-state index in [0.29, 0.717) is 28.6 Å². The highest BCUT2D eigenvalue weighted by atomic mass is 127. The number of hydrogen-bond donors (Lipinski definition) is 0. The number of aryl methyl sites for hydroxylation is 1. The van der Waals surface area contributed by atoms with E-state index in [2.05, 4.69) is 22.6 Å². The summed E-state index contributed by atoms with van der Waals surface area (Å²) < 4.78 is 25.5. The molecule has 0 saturated carbocycles. The van der Waals surface area contributed by atoms with E-state index in [9.17, 15) is 14.0 Å². The van der Waals surface area contributed by atoms with Gasteiger partial charge in [-0.05, 0) is 88.3 Å². The number of thioether (sulfide) groups is 1. The Morgan fingerprint density at radius 3 is 2.38 bits per heavy atom. The fourth-order valence-corrected chi connectivity index (χ4v) is 4.98.